The van der Waals surface area contributed by atoms with Crippen LogP contribution in [0.5, 0.6) is 0 Å². The largest absolute Gasteiger partial charge is 0.481 e. The first-order valence-corrected chi connectivity index (χ1v) is 12.2. The third-order valence-corrected chi connectivity index (χ3v) is 7.09. The second-order valence-corrected chi connectivity index (χ2v) is 9.84. The first-order chi connectivity index (χ1) is 13.8. The van der Waals surface area contributed by atoms with Crippen LogP contribution in [-0.4, -0.2) is 56.5 Å². The van der Waals surface area contributed by atoms with Crippen LogP contribution in [0.3, 0.4) is 0 Å². The Balaban J connectivity index is 1.74. The maximum atomic E-state index is 12.1. The maximum Gasteiger partial charge on any atom is 0.303 e. The van der Waals surface area contributed by atoms with Crippen molar-refractivity contribution in [3.05, 3.63) is 12.2 Å². The van der Waals surface area contributed by atoms with Crippen LogP contribution in [0.1, 0.15) is 58.3 Å². The van der Waals surface area contributed by atoms with Gasteiger partial charge < -0.3 is 15.2 Å². The number of aliphatic carboxylic acids is 1. The molecular weight excluding hydrogens is 396 g/mol. The molecule has 0 aromatic rings. The summed E-state index contributed by atoms with van der Waals surface area (Å²) in [6.07, 6.45) is 10.2. The van der Waals surface area contributed by atoms with Gasteiger partial charge in [-0.05, 0) is 44.4 Å². The minimum atomic E-state index is -3.40. The van der Waals surface area contributed by atoms with Crippen LogP contribution < -0.4 is 10.0 Å². The Morgan fingerprint density at radius 1 is 1.14 bits per heavy atom. The average molecular weight is 431 g/mol. The van der Waals surface area contributed by atoms with E-state index >= 15 is 0 Å². The Hall–Kier alpha value is -1.45. The topological polar surface area (TPSA) is 122 Å². The Morgan fingerprint density at radius 2 is 1.86 bits per heavy atom. The number of sulfonamides is 1. The fourth-order valence-electron chi connectivity index (χ4n) is 4.10. The molecule has 1 amide bonds. The van der Waals surface area contributed by atoms with Crippen molar-refractivity contribution in [3.8, 4) is 0 Å². The van der Waals surface area contributed by atoms with Crippen LogP contribution in [-0.2, 0) is 24.3 Å². The molecule has 29 heavy (non-hydrogen) atoms. The number of allylic oxidation sites excluding steroid dienone is 2. The number of rotatable bonds is 14. The van der Waals surface area contributed by atoms with Crippen molar-refractivity contribution in [2.75, 3.05) is 18.8 Å². The molecule has 0 aromatic carbocycles. The summed E-state index contributed by atoms with van der Waals surface area (Å²) in [5, 5.41) is 11.5. The predicted molar refractivity (Wildman–Crippen MR) is 110 cm³/mol. The minimum Gasteiger partial charge on any atom is -0.481 e. The molecule has 4 atom stereocenters. The van der Waals surface area contributed by atoms with Crippen molar-refractivity contribution in [2.24, 2.45) is 11.8 Å². The van der Waals surface area contributed by atoms with Gasteiger partial charge in [0, 0.05) is 18.9 Å². The van der Waals surface area contributed by atoms with E-state index in [4.69, 9.17) is 9.84 Å². The van der Waals surface area contributed by atoms with Gasteiger partial charge in [0.1, 0.15) is 0 Å². The summed E-state index contributed by atoms with van der Waals surface area (Å²) in [4.78, 5) is 22.6. The monoisotopic (exact) mass is 430 g/mol. The van der Waals surface area contributed by atoms with Gasteiger partial charge >= 0.3 is 5.97 Å². The van der Waals surface area contributed by atoms with Gasteiger partial charge in [0.15, 0.2) is 0 Å². The SMILES string of the molecule is CCCCS(=O)(=O)NCC(=O)NC[C@H]1[C@@H](CC=CCCCC(=O)O)[C@H]2CC[C@@H]1O2. The summed E-state index contributed by atoms with van der Waals surface area (Å²) in [7, 11) is -3.40. The zero-order chi connectivity index (χ0) is 21.3. The molecular formula is C20H34N2O6S. The van der Waals surface area contributed by atoms with E-state index < -0.39 is 16.0 Å². The average Bonchev–Trinajstić information content (AvgIpc) is 3.27. The lowest BCUT2D eigenvalue weighted by Crippen LogP contribution is -2.42. The van der Waals surface area contributed by atoms with E-state index in [9.17, 15) is 18.0 Å². The summed E-state index contributed by atoms with van der Waals surface area (Å²) in [5.74, 6) is -0.513. The Bertz CT molecular complexity index is 678. The number of hydrogen-bond donors (Lipinski definition) is 3. The molecule has 0 aliphatic carbocycles. The number of amides is 1. The number of hydrogen-bond acceptors (Lipinski definition) is 5. The van der Waals surface area contributed by atoms with Gasteiger partial charge in [-0.25, -0.2) is 13.1 Å². The van der Waals surface area contributed by atoms with Gasteiger partial charge in [-0.1, -0.05) is 25.5 Å². The second kappa shape index (κ2) is 11.7. The second-order valence-electron chi connectivity index (χ2n) is 7.91. The molecule has 3 N–H and O–H groups in total. The highest BCUT2D eigenvalue weighted by atomic mass is 32.2. The van der Waals surface area contributed by atoms with Crippen LogP contribution in [0.4, 0.5) is 0 Å². The number of ether oxygens (including phenoxy) is 1. The van der Waals surface area contributed by atoms with Crippen molar-refractivity contribution in [1.29, 1.82) is 0 Å². The van der Waals surface area contributed by atoms with E-state index in [2.05, 4.69) is 16.1 Å². The van der Waals surface area contributed by atoms with Gasteiger partial charge in [0.05, 0.1) is 24.5 Å². The molecule has 8 nitrogen and oxygen atoms in total. The molecule has 2 saturated heterocycles. The van der Waals surface area contributed by atoms with E-state index in [0.717, 1.165) is 32.1 Å². The summed E-state index contributed by atoms with van der Waals surface area (Å²) >= 11 is 0. The fourth-order valence-corrected chi connectivity index (χ4v) is 5.26. The van der Waals surface area contributed by atoms with Crippen molar-refractivity contribution in [2.45, 2.75) is 70.5 Å². The van der Waals surface area contributed by atoms with Gasteiger partial charge in [-0.15, -0.1) is 0 Å². The lowest BCUT2D eigenvalue weighted by atomic mass is 9.77. The van der Waals surface area contributed by atoms with Crippen LogP contribution in [0, 0.1) is 11.8 Å². The van der Waals surface area contributed by atoms with E-state index in [1.807, 2.05) is 13.0 Å². The highest BCUT2D eigenvalue weighted by Gasteiger charge is 2.47. The Labute approximate surface area is 173 Å². The lowest BCUT2D eigenvalue weighted by Gasteiger charge is -2.27. The molecule has 2 heterocycles. The quantitative estimate of drug-likeness (QED) is 0.285. The van der Waals surface area contributed by atoms with Gasteiger partial charge in [0.2, 0.25) is 15.9 Å². The fraction of sp³-hybridized carbons (Fsp3) is 0.800. The molecule has 166 valence electrons. The van der Waals surface area contributed by atoms with Crippen molar-refractivity contribution < 1.29 is 27.9 Å². The zero-order valence-electron chi connectivity index (χ0n) is 17.1. The van der Waals surface area contributed by atoms with Crippen molar-refractivity contribution in [3.63, 3.8) is 0 Å². The first-order valence-electron chi connectivity index (χ1n) is 10.6. The van der Waals surface area contributed by atoms with Crippen LogP contribution in [0.25, 0.3) is 0 Å². The third-order valence-electron chi connectivity index (χ3n) is 5.68. The highest BCUT2D eigenvalue weighted by Crippen LogP contribution is 2.44. The number of nitrogens with one attached hydrogen (secondary N) is 2. The molecule has 0 radical (unpaired) electrons. The van der Waals surface area contributed by atoms with E-state index in [0.29, 0.717) is 25.3 Å². The third kappa shape index (κ3) is 8.06. The van der Waals surface area contributed by atoms with Crippen LogP contribution >= 0.6 is 0 Å². The number of fused-ring (bicyclic) bond motifs is 2. The molecule has 0 saturated carbocycles. The van der Waals surface area contributed by atoms with Crippen molar-refractivity contribution in [1.82, 2.24) is 10.0 Å². The van der Waals surface area contributed by atoms with Gasteiger partial charge in [0.25, 0.3) is 0 Å². The van der Waals surface area contributed by atoms with Crippen molar-refractivity contribution >= 4 is 21.9 Å². The van der Waals surface area contributed by atoms with E-state index in [1.54, 1.807) is 0 Å². The highest BCUT2D eigenvalue weighted by molar-refractivity contribution is 7.89. The van der Waals surface area contributed by atoms with Gasteiger partial charge in [-0.3, -0.25) is 9.59 Å². The van der Waals surface area contributed by atoms with Gasteiger partial charge in [-0.2, -0.15) is 0 Å². The summed E-state index contributed by atoms with van der Waals surface area (Å²) < 4.78 is 32.0. The number of carbonyl (C=O) groups is 2. The number of carboxylic acid groups (broad SMARTS) is 1. The number of carbonyl (C=O) groups excluding carboxylic acids is 1. The predicted octanol–water partition coefficient (Wildman–Crippen LogP) is 1.82. The Morgan fingerprint density at radius 3 is 2.55 bits per heavy atom. The summed E-state index contributed by atoms with van der Waals surface area (Å²) in [6, 6.07) is 0. The molecule has 2 fully saturated rings. The standard InChI is InChI=1S/C20H34N2O6S/c1-2-3-12-29(26,27)22-14-19(23)21-13-16-15(17-10-11-18(16)28-17)8-6-4-5-7-9-20(24)25/h4,6,15-18,22H,2-3,5,7-14H2,1H3,(H,21,23)(H,24,25)/t15-,16+,17-,18+/m1/s1. The van der Waals surface area contributed by atoms with Crippen LogP contribution in [0.15, 0.2) is 12.2 Å². The lowest BCUT2D eigenvalue weighted by molar-refractivity contribution is -0.137. The molecule has 2 aliphatic rings. The minimum absolute atomic E-state index is 0.0396. The Kier molecular flexibility index (Phi) is 9.58. The first kappa shape index (κ1) is 23.8. The smallest absolute Gasteiger partial charge is 0.303 e. The normalized spacial score (nSPS) is 26.2. The molecule has 2 aliphatic heterocycles. The summed E-state index contributed by atoms with van der Waals surface area (Å²) in [6.45, 7) is 2.16. The summed E-state index contributed by atoms with van der Waals surface area (Å²) in [5.41, 5.74) is 0. The molecule has 9 heteroatoms. The molecule has 0 unspecified atom stereocenters. The molecule has 0 aromatic heterocycles. The number of carboxylic acids is 1. The molecule has 0 spiro atoms. The van der Waals surface area contributed by atoms with E-state index in [-0.39, 0.29) is 42.8 Å². The zero-order valence-corrected chi connectivity index (χ0v) is 18.0. The van der Waals surface area contributed by atoms with E-state index in [1.165, 1.54) is 0 Å². The maximum absolute atomic E-state index is 12.1. The molecule has 2 rings (SSSR count). The molecule has 2 bridgehead atoms. The van der Waals surface area contributed by atoms with Crippen LogP contribution in [0.2, 0.25) is 0 Å². The number of unbranched alkanes of at least 4 members (excludes halogenated alkanes) is 2.